The fourth-order valence-corrected chi connectivity index (χ4v) is 1.84. The maximum atomic E-state index is 11.3. The van der Waals surface area contributed by atoms with Gasteiger partial charge >= 0.3 is 0 Å². The van der Waals surface area contributed by atoms with E-state index in [0.29, 0.717) is 11.9 Å². The second kappa shape index (κ2) is 6.02. The minimum Gasteiger partial charge on any atom is -0.343 e. The first-order valence-corrected chi connectivity index (χ1v) is 5.69. The number of likely N-dealkylation sites (tertiary alicyclic amines) is 1. The number of carbonyl (C=O) groups is 1. The largest absolute Gasteiger partial charge is 0.343 e. The lowest BCUT2D eigenvalue weighted by Gasteiger charge is -2.16. The summed E-state index contributed by atoms with van der Waals surface area (Å²) in [5.41, 5.74) is 0. The van der Waals surface area contributed by atoms with Crippen molar-refractivity contribution < 1.29 is 4.79 Å². The number of rotatable bonds is 6. The molecule has 1 N–H and O–H groups in total. The van der Waals surface area contributed by atoms with E-state index in [0.717, 1.165) is 32.4 Å². The Hall–Kier alpha value is -0.570. The van der Waals surface area contributed by atoms with Gasteiger partial charge < -0.3 is 10.2 Å². The van der Waals surface area contributed by atoms with E-state index >= 15 is 0 Å². The van der Waals surface area contributed by atoms with Gasteiger partial charge in [-0.25, -0.2) is 0 Å². The van der Waals surface area contributed by atoms with Crippen molar-refractivity contribution in [2.75, 3.05) is 20.1 Å². The molecular formula is C11H22N2O. The Morgan fingerprint density at radius 3 is 2.86 bits per heavy atom. The summed E-state index contributed by atoms with van der Waals surface area (Å²) in [5, 5.41) is 3.22. The van der Waals surface area contributed by atoms with Crippen molar-refractivity contribution in [3.8, 4) is 0 Å². The number of unbranched alkanes of at least 4 members (excludes halogenated alkanes) is 1. The summed E-state index contributed by atoms with van der Waals surface area (Å²) in [6.07, 6.45) is 5.40. The van der Waals surface area contributed by atoms with Crippen LogP contribution >= 0.6 is 0 Å². The number of hydrogen-bond donors (Lipinski definition) is 1. The van der Waals surface area contributed by atoms with Crippen LogP contribution in [0.15, 0.2) is 0 Å². The summed E-state index contributed by atoms with van der Waals surface area (Å²) in [6.45, 7) is 4.15. The smallest absolute Gasteiger partial charge is 0.222 e. The van der Waals surface area contributed by atoms with Crippen LogP contribution in [0.5, 0.6) is 0 Å². The summed E-state index contributed by atoms with van der Waals surface area (Å²) in [7, 11) is 1.99. The topological polar surface area (TPSA) is 32.3 Å². The maximum Gasteiger partial charge on any atom is 0.222 e. The molecule has 1 atom stereocenters. The van der Waals surface area contributed by atoms with Crippen LogP contribution < -0.4 is 5.32 Å². The fourth-order valence-electron chi connectivity index (χ4n) is 1.84. The zero-order chi connectivity index (χ0) is 10.4. The van der Waals surface area contributed by atoms with Crippen molar-refractivity contribution in [2.24, 2.45) is 0 Å². The van der Waals surface area contributed by atoms with Crippen molar-refractivity contribution in [3.63, 3.8) is 0 Å². The van der Waals surface area contributed by atoms with E-state index in [1.165, 1.54) is 12.8 Å². The Bertz CT molecular complexity index is 182. The van der Waals surface area contributed by atoms with E-state index in [1.807, 2.05) is 11.9 Å². The van der Waals surface area contributed by atoms with E-state index in [1.54, 1.807) is 0 Å². The van der Waals surface area contributed by atoms with Gasteiger partial charge in [-0.3, -0.25) is 4.79 Å². The summed E-state index contributed by atoms with van der Waals surface area (Å²) < 4.78 is 0. The van der Waals surface area contributed by atoms with Crippen LogP contribution in [0.1, 0.15) is 39.0 Å². The van der Waals surface area contributed by atoms with Crippen LogP contribution in [0.2, 0.25) is 0 Å². The molecule has 1 aliphatic heterocycles. The Kier molecular flexibility index (Phi) is 4.94. The fraction of sp³-hybridized carbons (Fsp3) is 0.909. The summed E-state index contributed by atoms with van der Waals surface area (Å²) >= 11 is 0. The molecule has 0 radical (unpaired) electrons. The van der Waals surface area contributed by atoms with Crippen LogP contribution in [0, 0.1) is 0 Å². The van der Waals surface area contributed by atoms with Gasteiger partial charge in [0.15, 0.2) is 0 Å². The first kappa shape index (κ1) is 11.5. The highest BCUT2D eigenvalue weighted by molar-refractivity contribution is 5.77. The van der Waals surface area contributed by atoms with Crippen LogP contribution in [0.4, 0.5) is 0 Å². The molecule has 0 spiro atoms. The zero-order valence-corrected chi connectivity index (χ0v) is 9.38. The summed E-state index contributed by atoms with van der Waals surface area (Å²) in [6, 6.07) is 0.601. The summed E-state index contributed by atoms with van der Waals surface area (Å²) in [5.74, 6) is 0.353. The van der Waals surface area contributed by atoms with E-state index in [-0.39, 0.29) is 0 Å². The number of amides is 1. The molecule has 3 heteroatoms. The van der Waals surface area contributed by atoms with Crippen molar-refractivity contribution in [1.82, 2.24) is 10.2 Å². The minimum absolute atomic E-state index is 0.353. The second-order valence-electron chi connectivity index (χ2n) is 4.17. The van der Waals surface area contributed by atoms with Gasteiger partial charge in [-0.2, -0.15) is 0 Å². The predicted molar refractivity (Wildman–Crippen MR) is 58.2 cm³/mol. The Labute approximate surface area is 86.9 Å². The molecule has 0 bridgehead atoms. The average Bonchev–Trinajstić information content (AvgIpc) is 2.58. The van der Waals surface area contributed by atoms with Gasteiger partial charge in [0, 0.05) is 25.6 Å². The lowest BCUT2D eigenvalue weighted by Crippen LogP contribution is -2.26. The van der Waals surface area contributed by atoms with Gasteiger partial charge in [-0.15, -0.1) is 0 Å². The van der Waals surface area contributed by atoms with Gasteiger partial charge in [0.05, 0.1) is 0 Å². The van der Waals surface area contributed by atoms with Gasteiger partial charge in [0.1, 0.15) is 0 Å². The standard InChI is InChI=1S/C11H22N2O/c1-10(12-2)6-3-4-8-13-9-5-7-11(13)14/h10,12H,3-9H2,1-2H3. The quantitative estimate of drug-likeness (QED) is 0.654. The Morgan fingerprint density at radius 2 is 2.29 bits per heavy atom. The third kappa shape index (κ3) is 3.66. The molecular weight excluding hydrogens is 176 g/mol. The maximum absolute atomic E-state index is 11.3. The van der Waals surface area contributed by atoms with E-state index in [9.17, 15) is 4.79 Å². The van der Waals surface area contributed by atoms with Crippen LogP contribution in [0.25, 0.3) is 0 Å². The van der Waals surface area contributed by atoms with Crippen molar-refractivity contribution >= 4 is 5.91 Å². The Balaban J connectivity index is 2.01. The molecule has 1 amide bonds. The molecule has 1 unspecified atom stereocenters. The van der Waals surface area contributed by atoms with E-state index in [4.69, 9.17) is 0 Å². The molecule has 82 valence electrons. The van der Waals surface area contributed by atoms with E-state index in [2.05, 4.69) is 12.2 Å². The highest BCUT2D eigenvalue weighted by atomic mass is 16.2. The summed E-state index contributed by atoms with van der Waals surface area (Å²) in [4.78, 5) is 13.3. The third-order valence-corrected chi connectivity index (χ3v) is 2.98. The SMILES string of the molecule is CNC(C)CCCCN1CCCC1=O. The van der Waals surface area contributed by atoms with Crippen LogP contribution in [-0.4, -0.2) is 37.0 Å². The number of nitrogens with zero attached hydrogens (tertiary/aromatic N) is 1. The second-order valence-corrected chi connectivity index (χ2v) is 4.17. The number of hydrogen-bond acceptors (Lipinski definition) is 2. The van der Waals surface area contributed by atoms with Crippen molar-refractivity contribution in [3.05, 3.63) is 0 Å². The van der Waals surface area contributed by atoms with Gasteiger partial charge in [0.2, 0.25) is 5.91 Å². The molecule has 0 aliphatic carbocycles. The molecule has 14 heavy (non-hydrogen) atoms. The Morgan fingerprint density at radius 1 is 1.50 bits per heavy atom. The van der Waals surface area contributed by atoms with Crippen molar-refractivity contribution in [2.45, 2.75) is 45.1 Å². The first-order valence-electron chi connectivity index (χ1n) is 5.69. The number of nitrogens with one attached hydrogen (secondary N) is 1. The molecule has 1 aliphatic rings. The predicted octanol–water partition coefficient (Wildman–Crippen LogP) is 1.39. The highest BCUT2D eigenvalue weighted by Gasteiger charge is 2.18. The molecule has 0 aromatic carbocycles. The lowest BCUT2D eigenvalue weighted by atomic mass is 10.1. The highest BCUT2D eigenvalue weighted by Crippen LogP contribution is 2.11. The van der Waals surface area contributed by atoms with Gasteiger partial charge in [0.25, 0.3) is 0 Å². The molecule has 0 saturated carbocycles. The molecule has 1 heterocycles. The van der Waals surface area contributed by atoms with Gasteiger partial charge in [-0.1, -0.05) is 6.42 Å². The molecule has 0 aromatic rings. The third-order valence-electron chi connectivity index (χ3n) is 2.98. The zero-order valence-electron chi connectivity index (χ0n) is 9.38. The van der Waals surface area contributed by atoms with E-state index < -0.39 is 0 Å². The number of carbonyl (C=O) groups excluding carboxylic acids is 1. The molecule has 0 aromatic heterocycles. The molecule has 1 fully saturated rings. The normalized spacial score (nSPS) is 19.0. The molecule has 1 rings (SSSR count). The van der Waals surface area contributed by atoms with Gasteiger partial charge in [-0.05, 0) is 33.2 Å². The molecule has 1 saturated heterocycles. The minimum atomic E-state index is 0.353. The van der Waals surface area contributed by atoms with Crippen LogP contribution in [-0.2, 0) is 4.79 Å². The van der Waals surface area contributed by atoms with Crippen LogP contribution in [0.3, 0.4) is 0 Å². The van der Waals surface area contributed by atoms with Crippen molar-refractivity contribution in [1.29, 1.82) is 0 Å². The molecule has 3 nitrogen and oxygen atoms in total. The first-order chi connectivity index (χ1) is 6.74. The average molecular weight is 198 g/mol. The lowest BCUT2D eigenvalue weighted by molar-refractivity contribution is -0.127. The monoisotopic (exact) mass is 198 g/mol.